The molecule has 3 rings (SSSR count). The number of esters is 1. The third-order valence-corrected chi connectivity index (χ3v) is 5.29. The maximum atomic E-state index is 13.1. The minimum Gasteiger partial charge on any atom is -0.494 e. The Morgan fingerprint density at radius 1 is 1.18 bits per heavy atom. The minimum absolute atomic E-state index is 0.00586. The highest BCUT2D eigenvalue weighted by atomic mass is 16.5. The van der Waals surface area contributed by atoms with E-state index in [0.717, 1.165) is 11.3 Å². The first-order valence-electron chi connectivity index (χ1n) is 9.85. The van der Waals surface area contributed by atoms with Crippen molar-refractivity contribution in [2.24, 2.45) is 17.1 Å². The second-order valence-electron chi connectivity index (χ2n) is 8.12. The quantitative estimate of drug-likeness (QED) is 0.780. The van der Waals surface area contributed by atoms with Gasteiger partial charge in [-0.05, 0) is 37.0 Å². The molecule has 0 aromatic heterocycles. The van der Waals surface area contributed by atoms with Crippen LogP contribution in [0.1, 0.15) is 52.0 Å². The number of hydrogen-bond donors (Lipinski definition) is 1. The monoisotopic (exact) mass is 387 g/mol. The zero-order chi connectivity index (χ0) is 20.5. The largest absolute Gasteiger partial charge is 0.494 e. The number of nitrogens with two attached hydrogens (primary N) is 1. The molecular formula is C22H29NO5. The topological polar surface area (TPSA) is 87.9 Å². The van der Waals surface area contributed by atoms with Gasteiger partial charge >= 0.3 is 5.97 Å². The highest BCUT2D eigenvalue weighted by Crippen LogP contribution is 2.49. The number of ether oxygens (including phenoxy) is 3. The number of carbonyl (C=O) groups excluding carboxylic acids is 2. The van der Waals surface area contributed by atoms with Crippen LogP contribution in [0.5, 0.6) is 5.75 Å². The Morgan fingerprint density at radius 3 is 2.46 bits per heavy atom. The van der Waals surface area contributed by atoms with E-state index in [1.54, 1.807) is 6.92 Å². The summed E-state index contributed by atoms with van der Waals surface area (Å²) >= 11 is 0. The lowest BCUT2D eigenvalue weighted by Gasteiger charge is -2.42. The van der Waals surface area contributed by atoms with Crippen LogP contribution in [-0.2, 0) is 19.1 Å². The van der Waals surface area contributed by atoms with E-state index in [-0.39, 0.29) is 17.8 Å². The van der Waals surface area contributed by atoms with E-state index in [4.69, 9.17) is 19.9 Å². The van der Waals surface area contributed by atoms with E-state index in [1.807, 2.05) is 45.0 Å². The molecule has 2 N–H and O–H groups in total. The molecule has 2 aliphatic rings. The van der Waals surface area contributed by atoms with Crippen LogP contribution < -0.4 is 10.5 Å². The molecule has 1 heterocycles. The van der Waals surface area contributed by atoms with Crippen molar-refractivity contribution < 1.29 is 23.8 Å². The van der Waals surface area contributed by atoms with Crippen molar-refractivity contribution in [1.29, 1.82) is 0 Å². The maximum Gasteiger partial charge on any atom is 0.315 e. The van der Waals surface area contributed by atoms with E-state index >= 15 is 0 Å². The van der Waals surface area contributed by atoms with Crippen molar-refractivity contribution in [2.75, 3.05) is 13.2 Å². The van der Waals surface area contributed by atoms with Gasteiger partial charge in [0.2, 0.25) is 0 Å². The predicted octanol–water partition coefficient (Wildman–Crippen LogP) is 3.31. The van der Waals surface area contributed by atoms with Crippen LogP contribution in [0.4, 0.5) is 0 Å². The fourth-order valence-electron chi connectivity index (χ4n) is 4.16. The highest BCUT2D eigenvalue weighted by molar-refractivity contribution is 6.00. The average Bonchev–Trinajstić information content (AvgIpc) is 2.60. The summed E-state index contributed by atoms with van der Waals surface area (Å²) in [6.45, 7) is 8.54. The Morgan fingerprint density at radius 2 is 1.86 bits per heavy atom. The van der Waals surface area contributed by atoms with Crippen molar-refractivity contribution in [3.63, 3.8) is 0 Å². The summed E-state index contributed by atoms with van der Waals surface area (Å²) < 4.78 is 16.7. The summed E-state index contributed by atoms with van der Waals surface area (Å²) in [4.78, 5) is 25.8. The lowest BCUT2D eigenvalue weighted by Crippen LogP contribution is -2.48. The van der Waals surface area contributed by atoms with Crippen LogP contribution >= 0.6 is 0 Å². The molecule has 0 spiro atoms. The summed E-state index contributed by atoms with van der Waals surface area (Å²) in [5.41, 5.74) is 7.46. The van der Waals surface area contributed by atoms with Crippen LogP contribution in [0.15, 0.2) is 35.6 Å². The van der Waals surface area contributed by atoms with Gasteiger partial charge in [-0.2, -0.15) is 0 Å². The molecule has 0 radical (unpaired) electrons. The second kappa shape index (κ2) is 7.95. The Kier molecular flexibility index (Phi) is 5.79. The molecule has 0 fully saturated rings. The Balaban J connectivity index is 2.09. The number of benzene rings is 1. The number of hydrogen-bond acceptors (Lipinski definition) is 6. The van der Waals surface area contributed by atoms with Crippen molar-refractivity contribution in [1.82, 2.24) is 0 Å². The van der Waals surface area contributed by atoms with E-state index < -0.39 is 24.0 Å². The summed E-state index contributed by atoms with van der Waals surface area (Å²) in [6, 6.07) is 7.47. The number of carbonyl (C=O) groups is 2. The highest BCUT2D eigenvalue weighted by Gasteiger charge is 2.49. The van der Waals surface area contributed by atoms with Gasteiger partial charge in [-0.3, -0.25) is 15.3 Å². The molecule has 0 bridgehead atoms. The fourth-order valence-corrected chi connectivity index (χ4v) is 4.16. The van der Waals surface area contributed by atoms with E-state index in [1.165, 1.54) is 0 Å². The summed E-state index contributed by atoms with van der Waals surface area (Å²) in [6.07, 6.45) is 0.161. The van der Waals surface area contributed by atoms with Gasteiger partial charge in [0.25, 0.3) is 0 Å². The third kappa shape index (κ3) is 3.92. The van der Waals surface area contributed by atoms with Gasteiger partial charge in [0.15, 0.2) is 12.0 Å². The first kappa shape index (κ1) is 20.4. The molecule has 6 nitrogen and oxygen atoms in total. The molecule has 1 aromatic rings. The van der Waals surface area contributed by atoms with E-state index in [9.17, 15) is 9.59 Å². The van der Waals surface area contributed by atoms with Crippen molar-refractivity contribution in [3.05, 3.63) is 41.2 Å². The lowest BCUT2D eigenvalue weighted by atomic mass is 9.68. The molecule has 3 unspecified atom stereocenters. The number of Topliss-reactive ketones (excluding diaryl/α,β-unsaturated/α-hetero) is 1. The summed E-state index contributed by atoms with van der Waals surface area (Å²) in [5.74, 6) is -0.364. The van der Waals surface area contributed by atoms with Gasteiger partial charge in [-0.25, -0.2) is 0 Å². The second-order valence-corrected chi connectivity index (χ2v) is 8.12. The standard InChI is InChI=1S/C22H29NO5/c1-5-26-14-9-7-13(8-10-14)17-18-15(24)11-22(3,4)12-16(18)28-20(23)19(17)21(25)27-6-2/h7-10,17,19-20H,5-6,11-12,23H2,1-4H3. The number of allylic oxidation sites excluding steroid dienone is 2. The van der Waals surface area contributed by atoms with Crippen LogP contribution in [0.25, 0.3) is 0 Å². The molecule has 0 amide bonds. The van der Waals surface area contributed by atoms with Gasteiger partial charge in [-0.1, -0.05) is 26.0 Å². The Hall–Kier alpha value is -2.34. The molecule has 0 saturated heterocycles. The van der Waals surface area contributed by atoms with Crippen molar-refractivity contribution in [2.45, 2.75) is 52.7 Å². The zero-order valence-corrected chi connectivity index (χ0v) is 17.0. The van der Waals surface area contributed by atoms with Crippen LogP contribution in [0.3, 0.4) is 0 Å². The molecular weight excluding hydrogens is 358 g/mol. The third-order valence-electron chi connectivity index (χ3n) is 5.29. The van der Waals surface area contributed by atoms with Crippen molar-refractivity contribution in [3.8, 4) is 5.75 Å². The molecule has 1 aliphatic heterocycles. The van der Waals surface area contributed by atoms with Crippen LogP contribution in [0, 0.1) is 11.3 Å². The molecule has 1 aliphatic carbocycles. The van der Waals surface area contributed by atoms with E-state index in [0.29, 0.717) is 30.8 Å². The minimum atomic E-state index is -0.865. The smallest absolute Gasteiger partial charge is 0.315 e. The SMILES string of the molecule is CCOC(=O)C1C(N)OC2=C(C(=O)CC(C)(C)C2)C1c1ccc(OCC)cc1. The van der Waals surface area contributed by atoms with Crippen LogP contribution in [-0.4, -0.2) is 31.2 Å². The first-order valence-corrected chi connectivity index (χ1v) is 9.85. The van der Waals surface area contributed by atoms with Gasteiger partial charge in [0.1, 0.15) is 17.4 Å². The Labute approximate surface area is 166 Å². The molecule has 6 heteroatoms. The van der Waals surface area contributed by atoms with Gasteiger partial charge in [0.05, 0.1) is 13.2 Å². The van der Waals surface area contributed by atoms with Crippen LogP contribution in [0.2, 0.25) is 0 Å². The molecule has 152 valence electrons. The predicted molar refractivity (Wildman–Crippen MR) is 105 cm³/mol. The first-order chi connectivity index (χ1) is 13.3. The lowest BCUT2D eigenvalue weighted by molar-refractivity contribution is -0.155. The van der Waals surface area contributed by atoms with Gasteiger partial charge in [-0.15, -0.1) is 0 Å². The molecule has 3 atom stereocenters. The van der Waals surface area contributed by atoms with Gasteiger partial charge < -0.3 is 14.2 Å². The van der Waals surface area contributed by atoms with Gasteiger partial charge in [0, 0.05) is 24.3 Å². The normalized spacial score (nSPS) is 26.3. The number of ketones is 1. The maximum absolute atomic E-state index is 13.1. The summed E-state index contributed by atoms with van der Waals surface area (Å²) in [7, 11) is 0. The average molecular weight is 387 g/mol. The zero-order valence-electron chi connectivity index (χ0n) is 17.0. The molecule has 1 aromatic carbocycles. The fraction of sp³-hybridized carbons (Fsp3) is 0.545. The van der Waals surface area contributed by atoms with E-state index in [2.05, 4.69) is 0 Å². The molecule has 28 heavy (non-hydrogen) atoms. The molecule has 0 saturated carbocycles. The number of rotatable bonds is 5. The van der Waals surface area contributed by atoms with Crippen molar-refractivity contribution >= 4 is 11.8 Å². The summed E-state index contributed by atoms with van der Waals surface area (Å²) in [5, 5.41) is 0. The Bertz CT molecular complexity index is 781.